The van der Waals surface area contributed by atoms with Crippen LogP contribution in [0.15, 0.2) is 49.1 Å². The van der Waals surface area contributed by atoms with Crippen molar-refractivity contribution in [3.05, 3.63) is 66.3 Å². The smallest absolute Gasteiger partial charge is 0.175 e. The van der Waals surface area contributed by atoms with E-state index in [1.165, 1.54) is 0 Å². The van der Waals surface area contributed by atoms with Crippen molar-refractivity contribution in [2.75, 3.05) is 0 Å². The average Bonchev–Trinajstić information content (AvgIpc) is 3.25. The van der Waals surface area contributed by atoms with E-state index >= 15 is 0 Å². The summed E-state index contributed by atoms with van der Waals surface area (Å²) in [5, 5.41) is 4.48. The van der Waals surface area contributed by atoms with Crippen LogP contribution in [-0.4, -0.2) is 29.1 Å². The van der Waals surface area contributed by atoms with E-state index in [-0.39, 0.29) is 0 Å². The lowest BCUT2D eigenvalue weighted by Gasteiger charge is -1.97. The molecule has 0 saturated heterocycles. The van der Waals surface area contributed by atoms with Gasteiger partial charge in [0.05, 0.1) is 5.69 Å². The zero-order valence-electron chi connectivity index (χ0n) is 14.2. The Bertz CT molecular complexity index is 1040. The Morgan fingerprint density at radius 3 is 2.80 bits per heavy atom. The van der Waals surface area contributed by atoms with E-state index in [4.69, 9.17) is 4.98 Å². The number of hydrogen-bond donors (Lipinski definition) is 0. The number of nitrogens with zero attached hydrogens (tertiary/aromatic N) is 6. The highest BCUT2D eigenvalue weighted by Crippen LogP contribution is 2.19. The second-order valence-electron chi connectivity index (χ2n) is 5.77. The molecule has 0 bridgehead atoms. The largest absolute Gasteiger partial charge is 0.331 e. The van der Waals surface area contributed by atoms with Gasteiger partial charge in [0.1, 0.15) is 5.82 Å². The fourth-order valence-corrected chi connectivity index (χ4v) is 2.75. The fourth-order valence-electron chi connectivity index (χ4n) is 2.75. The Morgan fingerprint density at radius 2 is 2.04 bits per heavy atom. The predicted molar refractivity (Wildman–Crippen MR) is 97.8 cm³/mol. The van der Waals surface area contributed by atoms with Crippen molar-refractivity contribution in [3.8, 4) is 11.3 Å². The molecule has 25 heavy (non-hydrogen) atoms. The Hall–Kier alpha value is -3.28. The number of aromatic nitrogens is 6. The zero-order chi connectivity index (χ0) is 17.2. The van der Waals surface area contributed by atoms with Gasteiger partial charge in [0.2, 0.25) is 0 Å². The van der Waals surface area contributed by atoms with Crippen LogP contribution in [0.1, 0.15) is 24.1 Å². The highest BCUT2D eigenvalue weighted by atomic mass is 15.3. The molecule has 124 valence electrons. The first kappa shape index (κ1) is 15.3. The number of pyridine rings is 2. The normalized spacial score (nSPS) is 11.6. The molecule has 4 aromatic heterocycles. The van der Waals surface area contributed by atoms with E-state index in [1.54, 1.807) is 10.7 Å². The Labute approximate surface area is 145 Å². The van der Waals surface area contributed by atoms with Gasteiger partial charge in [-0.05, 0) is 49.8 Å². The van der Waals surface area contributed by atoms with Gasteiger partial charge in [0.25, 0.3) is 0 Å². The lowest BCUT2D eigenvalue weighted by atomic mass is 10.2. The van der Waals surface area contributed by atoms with Gasteiger partial charge in [0, 0.05) is 36.9 Å². The molecule has 4 rings (SSSR count). The van der Waals surface area contributed by atoms with Crippen LogP contribution in [0.25, 0.3) is 29.1 Å². The monoisotopic (exact) mass is 330 g/mol. The molecule has 0 saturated carbocycles. The van der Waals surface area contributed by atoms with Gasteiger partial charge < -0.3 is 4.57 Å². The highest BCUT2D eigenvalue weighted by molar-refractivity contribution is 5.67. The molecular weight excluding hydrogens is 312 g/mol. The van der Waals surface area contributed by atoms with Gasteiger partial charge in [-0.1, -0.05) is 6.07 Å². The second-order valence-corrected chi connectivity index (χ2v) is 5.77. The van der Waals surface area contributed by atoms with Crippen LogP contribution >= 0.6 is 0 Å². The van der Waals surface area contributed by atoms with Crippen LogP contribution in [0.3, 0.4) is 0 Å². The minimum atomic E-state index is 0.669. The minimum Gasteiger partial charge on any atom is -0.331 e. The second kappa shape index (κ2) is 6.32. The van der Waals surface area contributed by atoms with Gasteiger partial charge >= 0.3 is 0 Å². The molecule has 0 radical (unpaired) electrons. The molecule has 6 heteroatoms. The van der Waals surface area contributed by atoms with Gasteiger partial charge in [-0.3, -0.25) is 4.98 Å². The van der Waals surface area contributed by atoms with Crippen LogP contribution in [0.5, 0.6) is 0 Å². The van der Waals surface area contributed by atoms with Crippen molar-refractivity contribution in [2.24, 2.45) is 0 Å². The van der Waals surface area contributed by atoms with Crippen LogP contribution in [0, 0.1) is 6.92 Å². The fraction of sp³-hybridized carbons (Fsp3) is 0.158. The van der Waals surface area contributed by atoms with E-state index in [0.717, 1.165) is 34.8 Å². The number of imidazole rings is 1. The SMILES string of the molecule is CCn1cc(-c2cccnc2)nc1C=Cc1nc2c(C)cccn2n1. The summed E-state index contributed by atoms with van der Waals surface area (Å²) in [6.07, 6.45) is 11.4. The summed E-state index contributed by atoms with van der Waals surface area (Å²) in [6, 6.07) is 7.92. The molecular formula is C19H18N6. The first-order chi connectivity index (χ1) is 12.2. The van der Waals surface area contributed by atoms with E-state index in [0.29, 0.717) is 5.82 Å². The predicted octanol–water partition coefficient (Wildman–Crippen LogP) is 3.49. The summed E-state index contributed by atoms with van der Waals surface area (Å²) in [5.74, 6) is 1.54. The lowest BCUT2D eigenvalue weighted by Crippen LogP contribution is -1.94. The molecule has 0 amide bonds. The maximum atomic E-state index is 4.71. The summed E-state index contributed by atoms with van der Waals surface area (Å²) in [4.78, 5) is 13.4. The van der Waals surface area contributed by atoms with E-state index in [9.17, 15) is 0 Å². The van der Waals surface area contributed by atoms with Gasteiger partial charge in [-0.15, -0.1) is 5.10 Å². The molecule has 0 aliphatic rings. The van der Waals surface area contributed by atoms with Gasteiger partial charge in [0.15, 0.2) is 11.5 Å². The maximum absolute atomic E-state index is 4.71. The highest BCUT2D eigenvalue weighted by Gasteiger charge is 2.07. The molecule has 0 fully saturated rings. The molecule has 0 aromatic carbocycles. The number of aryl methyl sites for hydroxylation is 2. The Kier molecular flexibility index (Phi) is 3.85. The zero-order valence-corrected chi connectivity index (χ0v) is 14.2. The van der Waals surface area contributed by atoms with Crippen molar-refractivity contribution >= 4 is 17.8 Å². The number of rotatable bonds is 4. The molecule has 0 N–H and O–H groups in total. The third-order valence-electron chi connectivity index (χ3n) is 4.06. The lowest BCUT2D eigenvalue weighted by molar-refractivity contribution is 0.753. The van der Waals surface area contributed by atoms with Crippen molar-refractivity contribution in [2.45, 2.75) is 20.4 Å². The van der Waals surface area contributed by atoms with Crippen molar-refractivity contribution in [1.29, 1.82) is 0 Å². The summed E-state index contributed by atoms with van der Waals surface area (Å²) in [6.45, 7) is 4.96. The van der Waals surface area contributed by atoms with Crippen molar-refractivity contribution in [3.63, 3.8) is 0 Å². The third kappa shape index (κ3) is 2.94. The van der Waals surface area contributed by atoms with E-state index in [1.807, 2.05) is 61.9 Å². The van der Waals surface area contributed by atoms with Gasteiger partial charge in [-0.2, -0.15) is 0 Å². The summed E-state index contributed by atoms with van der Waals surface area (Å²) >= 11 is 0. The minimum absolute atomic E-state index is 0.669. The first-order valence-corrected chi connectivity index (χ1v) is 8.22. The molecule has 0 aliphatic carbocycles. The molecule has 0 aliphatic heterocycles. The molecule has 4 heterocycles. The van der Waals surface area contributed by atoms with E-state index < -0.39 is 0 Å². The van der Waals surface area contributed by atoms with Crippen molar-refractivity contribution in [1.82, 2.24) is 29.1 Å². The topological polar surface area (TPSA) is 60.9 Å². The molecule has 0 unspecified atom stereocenters. The first-order valence-electron chi connectivity index (χ1n) is 8.22. The quantitative estimate of drug-likeness (QED) is 0.575. The Balaban J connectivity index is 1.68. The van der Waals surface area contributed by atoms with Crippen LogP contribution in [0.4, 0.5) is 0 Å². The molecule has 4 aromatic rings. The van der Waals surface area contributed by atoms with Crippen LogP contribution in [0.2, 0.25) is 0 Å². The molecule has 0 spiro atoms. The van der Waals surface area contributed by atoms with Crippen molar-refractivity contribution < 1.29 is 0 Å². The number of hydrogen-bond acceptors (Lipinski definition) is 4. The molecule has 0 atom stereocenters. The summed E-state index contributed by atoms with van der Waals surface area (Å²) < 4.78 is 3.89. The van der Waals surface area contributed by atoms with Crippen LogP contribution < -0.4 is 0 Å². The van der Waals surface area contributed by atoms with E-state index in [2.05, 4.69) is 26.6 Å². The standard InChI is InChI=1S/C19H18N6/c1-3-24-13-16(15-7-4-10-20-12-15)21-18(24)9-8-17-22-19-14(2)6-5-11-25(19)23-17/h4-13H,3H2,1-2H3. The Morgan fingerprint density at radius 1 is 1.12 bits per heavy atom. The molecule has 6 nitrogen and oxygen atoms in total. The average molecular weight is 330 g/mol. The van der Waals surface area contributed by atoms with Gasteiger partial charge in [-0.25, -0.2) is 14.5 Å². The summed E-state index contributed by atoms with van der Waals surface area (Å²) in [7, 11) is 0. The maximum Gasteiger partial charge on any atom is 0.175 e. The third-order valence-corrected chi connectivity index (χ3v) is 4.06. The van der Waals surface area contributed by atoms with Crippen LogP contribution in [-0.2, 0) is 6.54 Å². The summed E-state index contributed by atoms with van der Waals surface area (Å²) in [5.41, 5.74) is 3.89. The number of fused-ring (bicyclic) bond motifs is 1.